The highest BCUT2D eigenvalue weighted by molar-refractivity contribution is 5.83. The van der Waals surface area contributed by atoms with Gasteiger partial charge in [-0.1, -0.05) is 5.16 Å². The summed E-state index contributed by atoms with van der Waals surface area (Å²) in [5.41, 5.74) is 0. The van der Waals surface area contributed by atoms with Crippen molar-refractivity contribution in [2.24, 2.45) is 0 Å². The molecule has 2 aromatic rings. The third-order valence-corrected chi connectivity index (χ3v) is 3.87. The number of amides is 1. The number of nitrogens with zero attached hydrogens (tertiary/aromatic N) is 3. The molecule has 0 aromatic carbocycles. The summed E-state index contributed by atoms with van der Waals surface area (Å²) in [4.78, 5) is 29.1. The van der Waals surface area contributed by atoms with Gasteiger partial charge in [-0.05, 0) is 31.4 Å². The predicted molar refractivity (Wildman–Crippen MR) is 77.3 cm³/mol. The Kier molecular flexibility index (Phi) is 4.40. The minimum Gasteiger partial charge on any atom is -0.480 e. The zero-order chi connectivity index (χ0) is 16.2. The Morgan fingerprint density at radius 1 is 1.39 bits per heavy atom. The van der Waals surface area contributed by atoms with E-state index in [1.807, 2.05) is 0 Å². The van der Waals surface area contributed by atoms with E-state index >= 15 is 0 Å². The van der Waals surface area contributed by atoms with Crippen molar-refractivity contribution >= 4 is 11.9 Å². The largest absolute Gasteiger partial charge is 0.480 e. The van der Waals surface area contributed by atoms with Crippen LogP contribution in [0.25, 0.3) is 11.6 Å². The van der Waals surface area contributed by atoms with Crippen LogP contribution in [0.3, 0.4) is 0 Å². The van der Waals surface area contributed by atoms with E-state index in [0.29, 0.717) is 30.4 Å². The maximum atomic E-state index is 12.3. The van der Waals surface area contributed by atoms with Crippen molar-refractivity contribution in [3.05, 3.63) is 24.3 Å². The number of hydrogen-bond donors (Lipinski definition) is 1. The number of carboxylic acids is 1. The summed E-state index contributed by atoms with van der Waals surface area (Å²) in [7, 11) is 0. The molecule has 1 N–H and O–H groups in total. The van der Waals surface area contributed by atoms with E-state index in [1.165, 1.54) is 11.2 Å². The Morgan fingerprint density at radius 3 is 3.00 bits per heavy atom. The molecule has 3 rings (SSSR count). The van der Waals surface area contributed by atoms with Crippen LogP contribution in [0.2, 0.25) is 0 Å². The summed E-state index contributed by atoms with van der Waals surface area (Å²) < 4.78 is 10.3. The number of carbonyl (C=O) groups excluding carboxylic acids is 1. The lowest BCUT2D eigenvalue weighted by molar-refractivity contribution is -0.152. The van der Waals surface area contributed by atoms with Crippen LogP contribution in [0.15, 0.2) is 27.3 Å². The van der Waals surface area contributed by atoms with Crippen molar-refractivity contribution in [3.8, 4) is 11.6 Å². The van der Waals surface area contributed by atoms with Gasteiger partial charge in [0.25, 0.3) is 0 Å². The molecule has 0 unspecified atom stereocenters. The Bertz CT molecular complexity index is 679. The molecule has 122 valence electrons. The van der Waals surface area contributed by atoms with E-state index in [-0.39, 0.29) is 18.7 Å². The molecule has 3 heterocycles. The molecule has 23 heavy (non-hydrogen) atoms. The van der Waals surface area contributed by atoms with Gasteiger partial charge in [0.1, 0.15) is 6.04 Å². The van der Waals surface area contributed by atoms with Gasteiger partial charge in [-0.2, -0.15) is 4.98 Å². The molecule has 1 aliphatic rings. The van der Waals surface area contributed by atoms with Crippen LogP contribution < -0.4 is 0 Å². The zero-order valence-corrected chi connectivity index (χ0v) is 12.5. The first-order valence-electron chi connectivity index (χ1n) is 7.54. The first-order valence-corrected chi connectivity index (χ1v) is 7.54. The lowest BCUT2D eigenvalue weighted by atomic mass is 10.0. The number of carboxylic acid groups (broad SMARTS) is 1. The third kappa shape index (κ3) is 3.41. The standard InChI is InChI=1S/C15H17N3O5/c19-13(18-8-2-1-4-10(18)15(20)21)7-6-12-16-14(17-23-12)11-5-3-9-22-11/h3,5,9-10H,1-2,4,6-8H2,(H,20,21)/t10-/m1/s1. The number of hydrogen-bond acceptors (Lipinski definition) is 6. The van der Waals surface area contributed by atoms with Crippen molar-refractivity contribution in [1.29, 1.82) is 0 Å². The van der Waals surface area contributed by atoms with E-state index in [2.05, 4.69) is 10.1 Å². The Balaban J connectivity index is 1.59. The summed E-state index contributed by atoms with van der Waals surface area (Å²) in [6.07, 6.45) is 4.09. The number of piperidine rings is 1. The fourth-order valence-electron chi connectivity index (χ4n) is 2.71. The van der Waals surface area contributed by atoms with E-state index in [0.717, 1.165) is 12.8 Å². The lowest BCUT2D eigenvalue weighted by Crippen LogP contribution is -2.48. The highest BCUT2D eigenvalue weighted by Gasteiger charge is 2.31. The molecule has 1 atom stereocenters. The topological polar surface area (TPSA) is 110 Å². The van der Waals surface area contributed by atoms with Crippen LogP contribution in [0.4, 0.5) is 0 Å². The van der Waals surface area contributed by atoms with Gasteiger partial charge in [-0.15, -0.1) is 0 Å². The van der Waals surface area contributed by atoms with Crippen molar-refractivity contribution in [2.45, 2.75) is 38.1 Å². The molecule has 1 saturated heterocycles. The average molecular weight is 319 g/mol. The van der Waals surface area contributed by atoms with Gasteiger partial charge in [0.05, 0.1) is 6.26 Å². The highest BCUT2D eigenvalue weighted by Crippen LogP contribution is 2.20. The van der Waals surface area contributed by atoms with Gasteiger partial charge in [0, 0.05) is 19.4 Å². The third-order valence-electron chi connectivity index (χ3n) is 3.87. The van der Waals surface area contributed by atoms with Crippen LogP contribution in [-0.4, -0.2) is 44.6 Å². The van der Waals surface area contributed by atoms with Crippen LogP contribution >= 0.6 is 0 Å². The molecule has 0 saturated carbocycles. The van der Waals surface area contributed by atoms with Crippen molar-refractivity contribution in [2.75, 3.05) is 6.54 Å². The maximum absolute atomic E-state index is 12.3. The molecular weight excluding hydrogens is 302 g/mol. The number of furan rings is 1. The molecule has 0 radical (unpaired) electrons. The molecule has 0 bridgehead atoms. The van der Waals surface area contributed by atoms with Gasteiger partial charge in [0.2, 0.25) is 17.6 Å². The Hall–Kier alpha value is -2.64. The smallest absolute Gasteiger partial charge is 0.326 e. The van der Waals surface area contributed by atoms with Gasteiger partial charge in [-0.3, -0.25) is 4.79 Å². The minimum absolute atomic E-state index is 0.142. The quantitative estimate of drug-likeness (QED) is 0.893. The first kappa shape index (κ1) is 15.3. The number of likely N-dealkylation sites (tertiary alicyclic amines) is 1. The summed E-state index contributed by atoms with van der Waals surface area (Å²) in [6.45, 7) is 0.483. The normalized spacial score (nSPS) is 18.1. The van der Waals surface area contributed by atoms with Crippen LogP contribution in [0, 0.1) is 0 Å². The molecule has 8 nitrogen and oxygen atoms in total. The molecule has 1 fully saturated rings. The van der Waals surface area contributed by atoms with Gasteiger partial charge in [0.15, 0.2) is 5.76 Å². The molecular formula is C15H17N3O5. The lowest BCUT2D eigenvalue weighted by Gasteiger charge is -2.32. The molecule has 1 amide bonds. The molecule has 0 aliphatic carbocycles. The summed E-state index contributed by atoms with van der Waals surface area (Å²) >= 11 is 0. The Labute approximate surface area is 132 Å². The summed E-state index contributed by atoms with van der Waals surface area (Å²) in [6, 6.07) is 2.71. The fourth-order valence-corrected chi connectivity index (χ4v) is 2.71. The van der Waals surface area contributed by atoms with Crippen molar-refractivity contribution in [3.63, 3.8) is 0 Å². The average Bonchev–Trinajstić information content (AvgIpc) is 3.23. The second-order valence-electron chi connectivity index (χ2n) is 5.43. The number of carbonyl (C=O) groups is 2. The molecule has 2 aromatic heterocycles. The van der Waals surface area contributed by atoms with E-state index in [4.69, 9.17) is 8.94 Å². The number of aliphatic carboxylic acids is 1. The number of aryl methyl sites for hydroxylation is 1. The SMILES string of the molecule is O=C(O)[C@H]1CCCCN1C(=O)CCc1nc(-c2ccco2)no1. The molecule has 0 spiro atoms. The first-order chi connectivity index (χ1) is 11.1. The van der Waals surface area contributed by atoms with Crippen molar-refractivity contribution in [1.82, 2.24) is 15.0 Å². The van der Waals surface area contributed by atoms with Crippen LogP contribution in [-0.2, 0) is 16.0 Å². The van der Waals surface area contributed by atoms with Crippen molar-refractivity contribution < 1.29 is 23.6 Å². The minimum atomic E-state index is -0.948. The van der Waals surface area contributed by atoms with Gasteiger partial charge in [-0.25, -0.2) is 4.79 Å². The zero-order valence-electron chi connectivity index (χ0n) is 12.5. The maximum Gasteiger partial charge on any atom is 0.326 e. The monoisotopic (exact) mass is 319 g/mol. The number of rotatable bonds is 5. The van der Waals surface area contributed by atoms with Crippen LogP contribution in [0.5, 0.6) is 0 Å². The van der Waals surface area contributed by atoms with Crippen LogP contribution in [0.1, 0.15) is 31.6 Å². The fraction of sp³-hybridized carbons (Fsp3) is 0.467. The van der Waals surface area contributed by atoms with Gasteiger partial charge >= 0.3 is 5.97 Å². The van der Waals surface area contributed by atoms with E-state index in [9.17, 15) is 14.7 Å². The van der Waals surface area contributed by atoms with Gasteiger partial charge < -0.3 is 18.9 Å². The highest BCUT2D eigenvalue weighted by atomic mass is 16.5. The predicted octanol–water partition coefficient (Wildman–Crippen LogP) is 1.73. The van der Waals surface area contributed by atoms with E-state index < -0.39 is 12.0 Å². The number of aromatic nitrogens is 2. The molecule has 1 aliphatic heterocycles. The second-order valence-corrected chi connectivity index (χ2v) is 5.43. The Morgan fingerprint density at radius 2 is 2.26 bits per heavy atom. The second kappa shape index (κ2) is 6.64. The summed E-state index contributed by atoms with van der Waals surface area (Å²) in [5, 5.41) is 13.0. The molecule has 8 heteroatoms. The van der Waals surface area contributed by atoms with E-state index in [1.54, 1.807) is 12.1 Å². The summed E-state index contributed by atoms with van der Waals surface area (Å²) in [5.74, 6) is 0.00608.